The Kier molecular flexibility index (Phi) is 5.89. The predicted octanol–water partition coefficient (Wildman–Crippen LogP) is 1.30. The summed E-state index contributed by atoms with van der Waals surface area (Å²) in [5.74, 6) is 0.244. The third-order valence-electron chi connectivity index (χ3n) is 5.76. The molecule has 0 bridgehead atoms. The summed E-state index contributed by atoms with van der Waals surface area (Å²) in [4.78, 5) is 26.9. The number of amides is 2. The van der Waals surface area contributed by atoms with Crippen LogP contribution in [0.3, 0.4) is 0 Å². The number of carbonyl (C=O) groups excluding carboxylic acids is 2. The number of rotatable bonds is 5. The van der Waals surface area contributed by atoms with Crippen LogP contribution in [0.25, 0.3) is 5.69 Å². The van der Waals surface area contributed by atoms with E-state index >= 15 is 0 Å². The monoisotopic (exact) mass is 396 g/mol. The Hall–Kier alpha value is -2.74. The van der Waals surface area contributed by atoms with Gasteiger partial charge in [-0.2, -0.15) is 0 Å². The molecule has 8 heteroatoms. The van der Waals surface area contributed by atoms with Gasteiger partial charge in [-0.3, -0.25) is 9.59 Å². The molecule has 2 amide bonds. The minimum atomic E-state index is -0.100. The number of aryl methyl sites for hydroxylation is 1. The van der Waals surface area contributed by atoms with Crippen molar-refractivity contribution in [3.8, 4) is 5.69 Å². The smallest absolute Gasteiger partial charge is 0.276 e. The summed E-state index contributed by atoms with van der Waals surface area (Å²) in [6, 6.07) is 7.86. The van der Waals surface area contributed by atoms with Crippen LogP contribution in [0.1, 0.15) is 41.7 Å². The molecular formula is C21H28N6O2. The molecule has 1 aromatic heterocycles. The van der Waals surface area contributed by atoms with Crippen LogP contribution in [-0.2, 0) is 4.79 Å². The molecule has 154 valence electrons. The quantitative estimate of drug-likeness (QED) is 0.795. The number of likely N-dealkylation sites (tertiary alicyclic amines) is 1. The van der Waals surface area contributed by atoms with Gasteiger partial charge in [-0.05, 0) is 57.2 Å². The van der Waals surface area contributed by atoms with Crippen molar-refractivity contribution in [1.82, 2.24) is 30.5 Å². The van der Waals surface area contributed by atoms with Crippen molar-refractivity contribution in [2.24, 2.45) is 5.92 Å². The molecule has 2 saturated heterocycles. The van der Waals surface area contributed by atoms with E-state index < -0.39 is 0 Å². The Bertz CT molecular complexity index is 856. The second kappa shape index (κ2) is 8.73. The zero-order valence-corrected chi connectivity index (χ0v) is 16.8. The van der Waals surface area contributed by atoms with Crippen LogP contribution in [0, 0.1) is 12.8 Å². The SMILES string of the molecule is Cc1ccc(-n2cc(C(=O)N3CCCC(CNC(=O)C4CCCN4)C3)nn2)cc1. The second-order valence-electron chi connectivity index (χ2n) is 8.04. The van der Waals surface area contributed by atoms with Crippen molar-refractivity contribution in [2.75, 3.05) is 26.2 Å². The summed E-state index contributed by atoms with van der Waals surface area (Å²) < 4.78 is 1.63. The van der Waals surface area contributed by atoms with Gasteiger partial charge in [0.25, 0.3) is 5.91 Å². The Labute approximate surface area is 170 Å². The van der Waals surface area contributed by atoms with Gasteiger partial charge in [0.1, 0.15) is 0 Å². The topological polar surface area (TPSA) is 92.2 Å². The molecule has 0 spiro atoms. The molecule has 0 aliphatic carbocycles. The normalized spacial score (nSPS) is 21.9. The highest BCUT2D eigenvalue weighted by Gasteiger charge is 2.28. The maximum atomic E-state index is 12.9. The molecule has 29 heavy (non-hydrogen) atoms. The number of nitrogens with one attached hydrogen (secondary N) is 2. The minimum absolute atomic E-state index is 0.0619. The zero-order chi connectivity index (χ0) is 20.2. The molecule has 2 N–H and O–H groups in total. The number of benzene rings is 1. The standard InChI is InChI=1S/C21H28N6O2/c1-15-6-8-17(9-7-15)27-14-19(24-25-27)21(29)26-11-3-4-16(13-26)12-23-20(28)18-5-2-10-22-18/h6-9,14,16,18,22H,2-5,10-13H2,1H3,(H,23,28). The maximum absolute atomic E-state index is 12.9. The summed E-state index contributed by atoms with van der Waals surface area (Å²) in [6.07, 6.45) is 5.58. The first-order chi connectivity index (χ1) is 14.1. The maximum Gasteiger partial charge on any atom is 0.276 e. The van der Waals surface area contributed by atoms with Crippen LogP contribution >= 0.6 is 0 Å². The molecule has 2 aliphatic heterocycles. The highest BCUT2D eigenvalue weighted by atomic mass is 16.2. The van der Waals surface area contributed by atoms with Crippen molar-refractivity contribution in [1.29, 1.82) is 0 Å². The summed E-state index contributed by atoms with van der Waals surface area (Å²) >= 11 is 0. The number of aromatic nitrogens is 3. The molecule has 0 radical (unpaired) electrons. The fourth-order valence-electron chi connectivity index (χ4n) is 4.04. The van der Waals surface area contributed by atoms with E-state index in [1.165, 1.54) is 5.56 Å². The van der Waals surface area contributed by atoms with Crippen molar-refractivity contribution >= 4 is 11.8 Å². The van der Waals surface area contributed by atoms with Crippen LogP contribution in [-0.4, -0.2) is 63.9 Å². The molecule has 2 aliphatic rings. The molecule has 2 atom stereocenters. The summed E-state index contributed by atoms with van der Waals surface area (Å²) in [7, 11) is 0. The summed E-state index contributed by atoms with van der Waals surface area (Å²) in [5, 5.41) is 14.5. The summed E-state index contributed by atoms with van der Waals surface area (Å²) in [6.45, 7) is 4.89. The molecule has 3 heterocycles. The van der Waals surface area contributed by atoms with E-state index in [1.807, 2.05) is 36.1 Å². The van der Waals surface area contributed by atoms with Crippen molar-refractivity contribution < 1.29 is 9.59 Å². The average molecular weight is 396 g/mol. The molecule has 4 rings (SSSR count). The number of hydrogen-bond acceptors (Lipinski definition) is 5. The van der Waals surface area contributed by atoms with E-state index in [-0.39, 0.29) is 23.8 Å². The van der Waals surface area contributed by atoms with E-state index in [0.717, 1.165) is 37.9 Å². The number of hydrogen-bond donors (Lipinski definition) is 2. The van der Waals surface area contributed by atoms with Crippen molar-refractivity contribution in [3.63, 3.8) is 0 Å². The first-order valence-electron chi connectivity index (χ1n) is 10.4. The lowest BCUT2D eigenvalue weighted by Crippen LogP contribution is -2.46. The lowest BCUT2D eigenvalue weighted by molar-refractivity contribution is -0.123. The zero-order valence-electron chi connectivity index (χ0n) is 16.8. The van der Waals surface area contributed by atoms with Gasteiger partial charge in [0.2, 0.25) is 5.91 Å². The van der Waals surface area contributed by atoms with Gasteiger partial charge in [-0.1, -0.05) is 22.9 Å². The Morgan fingerprint density at radius 1 is 1.21 bits per heavy atom. The Morgan fingerprint density at radius 3 is 2.79 bits per heavy atom. The van der Waals surface area contributed by atoms with Crippen LogP contribution in [0.5, 0.6) is 0 Å². The van der Waals surface area contributed by atoms with Crippen LogP contribution in [0.15, 0.2) is 30.5 Å². The first-order valence-corrected chi connectivity index (χ1v) is 10.4. The summed E-state index contributed by atoms with van der Waals surface area (Å²) in [5.41, 5.74) is 2.40. The van der Waals surface area contributed by atoms with Crippen LogP contribution < -0.4 is 10.6 Å². The van der Waals surface area contributed by atoms with E-state index in [0.29, 0.717) is 25.3 Å². The number of piperidine rings is 1. The van der Waals surface area contributed by atoms with Crippen molar-refractivity contribution in [3.05, 3.63) is 41.7 Å². The highest BCUT2D eigenvalue weighted by Crippen LogP contribution is 2.18. The minimum Gasteiger partial charge on any atom is -0.354 e. The molecule has 1 aromatic carbocycles. The molecule has 0 saturated carbocycles. The van der Waals surface area contributed by atoms with Gasteiger partial charge < -0.3 is 15.5 Å². The van der Waals surface area contributed by atoms with E-state index in [9.17, 15) is 9.59 Å². The third-order valence-corrected chi connectivity index (χ3v) is 5.76. The largest absolute Gasteiger partial charge is 0.354 e. The van der Waals surface area contributed by atoms with E-state index in [4.69, 9.17) is 0 Å². The van der Waals surface area contributed by atoms with Crippen LogP contribution in [0.4, 0.5) is 0 Å². The van der Waals surface area contributed by atoms with Gasteiger partial charge in [0.15, 0.2) is 5.69 Å². The molecule has 2 fully saturated rings. The second-order valence-corrected chi connectivity index (χ2v) is 8.04. The number of carbonyl (C=O) groups is 2. The van der Waals surface area contributed by atoms with Gasteiger partial charge in [0, 0.05) is 19.6 Å². The number of nitrogens with zero attached hydrogens (tertiary/aromatic N) is 4. The van der Waals surface area contributed by atoms with E-state index in [1.54, 1.807) is 10.9 Å². The highest BCUT2D eigenvalue weighted by molar-refractivity contribution is 5.92. The molecular weight excluding hydrogens is 368 g/mol. The first kappa shape index (κ1) is 19.6. The van der Waals surface area contributed by atoms with Crippen LogP contribution in [0.2, 0.25) is 0 Å². The molecule has 2 aromatic rings. The Morgan fingerprint density at radius 2 is 2.03 bits per heavy atom. The van der Waals surface area contributed by atoms with Gasteiger partial charge in [-0.15, -0.1) is 5.10 Å². The van der Waals surface area contributed by atoms with E-state index in [2.05, 4.69) is 20.9 Å². The lowest BCUT2D eigenvalue weighted by atomic mass is 9.97. The fourth-order valence-corrected chi connectivity index (χ4v) is 4.04. The third kappa shape index (κ3) is 4.64. The molecule has 8 nitrogen and oxygen atoms in total. The lowest BCUT2D eigenvalue weighted by Gasteiger charge is -2.32. The average Bonchev–Trinajstić information content (AvgIpc) is 3.45. The van der Waals surface area contributed by atoms with Gasteiger partial charge >= 0.3 is 0 Å². The fraction of sp³-hybridized carbons (Fsp3) is 0.524. The molecule has 2 unspecified atom stereocenters. The predicted molar refractivity (Wildman–Crippen MR) is 109 cm³/mol. The van der Waals surface area contributed by atoms with Gasteiger partial charge in [0.05, 0.1) is 17.9 Å². The Balaban J connectivity index is 1.33. The van der Waals surface area contributed by atoms with Gasteiger partial charge in [-0.25, -0.2) is 4.68 Å². The van der Waals surface area contributed by atoms with Crippen molar-refractivity contribution in [2.45, 2.75) is 38.6 Å².